The smallest absolute Gasteiger partial charge is 0.284 e. The summed E-state index contributed by atoms with van der Waals surface area (Å²) >= 11 is 0. The summed E-state index contributed by atoms with van der Waals surface area (Å²) in [5.41, 5.74) is 3.37. The van der Waals surface area contributed by atoms with Crippen molar-refractivity contribution in [3.05, 3.63) is 62.3 Å². The van der Waals surface area contributed by atoms with Gasteiger partial charge < -0.3 is 4.57 Å². The molecule has 0 aromatic carbocycles. The highest BCUT2D eigenvalue weighted by molar-refractivity contribution is 5.25. The van der Waals surface area contributed by atoms with E-state index in [1.54, 1.807) is 13.2 Å². The van der Waals surface area contributed by atoms with E-state index in [4.69, 9.17) is 0 Å². The third-order valence-corrected chi connectivity index (χ3v) is 2.47. The first kappa shape index (κ1) is 12.7. The molecule has 0 atom stereocenters. The largest absolute Gasteiger partial charge is 0.319 e. The summed E-state index contributed by atoms with van der Waals surface area (Å²) in [7, 11) is 1.67. The van der Waals surface area contributed by atoms with Crippen LogP contribution in [0.25, 0.3) is 0 Å². The van der Waals surface area contributed by atoms with Crippen molar-refractivity contribution in [2.45, 2.75) is 6.42 Å². The molecule has 0 saturated carbocycles. The van der Waals surface area contributed by atoms with Crippen LogP contribution in [0.15, 0.2) is 35.5 Å². The summed E-state index contributed by atoms with van der Waals surface area (Å²) in [5.74, 6) is -0.0716. The number of hydrogen-bond acceptors (Lipinski definition) is 5. The molecule has 8 heteroatoms. The fraction of sp³-hybridized carbons (Fsp3) is 0.182. The van der Waals surface area contributed by atoms with E-state index in [2.05, 4.69) is 9.97 Å². The van der Waals surface area contributed by atoms with Gasteiger partial charge in [0.15, 0.2) is 5.03 Å². The Labute approximate surface area is 107 Å². The van der Waals surface area contributed by atoms with E-state index < -0.39 is 5.03 Å². The number of hydrazine groups is 1. The molecule has 0 radical (unpaired) electrons. The lowest BCUT2D eigenvalue weighted by atomic mass is 10.1. The van der Waals surface area contributed by atoms with Crippen LogP contribution in [0.3, 0.4) is 0 Å². The van der Waals surface area contributed by atoms with Gasteiger partial charge >= 0.3 is 0 Å². The zero-order valence-corrected chi connectivity index (χ0v) is 10.1. The maximum Gasteiger partial charge on any atom is 0.284 e. The Hall–Kier alpha value is -2.77. The van der Waals surface area contributed by atoms with Gasteiger partial charge in [0.05, 0.1) is 0 Å². The van der Waals surface area contributed by atoms with E-state index in [-0.39, 0.29) is 11.5 Å². The molecule has 0 aliphatic rings. The van der Waals surface area contributed by atoms with Gasteiger partial charge in [-0.15, -0.1) is 0 Å². The average Bonchev–Trinajstić information content (AvgIpc) is 2.36. The number of anilines is 1. The molecule has 0 unspecified atom stereocenters. The van der Waals surface area contributed by atoms with Crippen LogP contribution in [-0.4, -0.2) is 19.6 Å². The standard InChI is InChI=1S/C11H11N5O3/c1-15-3-2-8(5-10(15)17)4-9-6-12-11(13-7-9)14-16(18)19/h2-3,5-7H,4H2,1H3,(H,12,13,14). The van der Waals surface area contributed by atoms with Crippen LogP contribution >= 0.6 is 0 Å². The molecule has 0 fully saturated rings. The number of nitrogens with zero attached hydrogens (tertiary/aromatic N) is 4. The van der Waals surface area contributed by atoms with Crippen LogP contribution in [0.4, 0.5) is 5.95 Å². The van der Waals surface area contributed by atoms with Crippen LogP contribution in [-0.2, 0) is 13.5 Å². The first-order valence-corrected chi connectivity index (χ1v) is 5.42. The van der Waals surface area contributed by atoms with Crippen molar-refractivity contribution in [2.24, 2.45) is 7.05 Å². The fourth-order valence-corrected chi connectivity index (χ4v) is 1.52. The molecule has 1 N–H and O–H groups in total. The number of nitrogens with one attached hydrogen (secondary N) is 1. The lowest BCUT2D eigenvalue weighted by Gasteiger charge is -2.03. The zero-order valence-electron chi connectivity index (χ0n) is 10.1. The molecular formula is C11H11N5O3. The summed E-state index contributed by atoms with van der Waals surface area (Å²) < 4.78 is 1.48. The molecule has 2 aromatic heterocycles. The van der Waals surface area contributed by atoms with Crippen molar-refractivity contribution in [3.8, 4) is 0 Å². The first-order valence-electron chi connectivity index (χ1n) is 5.42. The monoisotopic (exact) mass is 261 g/mol. The molecule has 0 aliphatic heterocycles. The van der Waals surface area contributed by atoms with Crippen LogP contribution in [0.5, 0.6) is 0 Å². The highest BCUT2D eigenvalue weighted by Gasteiger charge is 2.04. The van der Waals surface area contributed by atoms with Gasteiger partial charge in [-0.1, -0.05) is 5.43 Å². The van der Waals surface area contributed by atoms with Crippen molar-refractivity contribution in [3.63, 3.8) is 0 Å². The Morgan fingerprint density at radius 1 is 1.37 bits per heavy atom. The normalized spacial score (nSPS) is 10.2. The number of pyridine rings is 1. The van der Waals surface area contributed by atoms with Gasteiger partial charge in [-0.2, -0.15) is 0 Å². The fourth-order valence-electron chi connectivity index (χ4n) is 1.52. The second kappa shape index (κ2) is 5.25. The van der Waals surface area contributed by atoms with Crippen LogP contribution < -0.4 is 11.0 Å². The summed E-state index contributed by atoms with van der Waals surface area (Å²) in [6.07, 6.45) is 5.14. The predicted molar refractivity (Wildman–Crippen MR) is 67.1 cm³/mol. The molecule has 2 heterocycles. The van der Waals surface area contributed by atoms with Gasteiger partial charge in [0.1, 0.15) is 0 Å². The molecule has 2 aromatic rings. The second-order valence-electron chi connectivity index (χ2n) is 3.94. The number of aromatic nitrogens is 3. The Morgan fingerprint density at radius 2 is 2.05 bits per heavy atom. The molecule has 8 nitrogen and oxygen atoms in total. The topological polar surface area (TPSA) is 103 Å². The lowest BCUT2D eigenvalue weighted by molar-refractivity contribution is -0.446. The van der Waals surface area contributed by atoms with Crippen LogP contribution in [0.1, 0.15) is 11.1 Å². The minimum atomic E-state index is -0.726. The van der Waals surface area contributed by atoms with Gasteiger partial charge in [-0.25, -0.2) is 20.1 Å². The minimum absolute atomic E-state index is 0.0716. The second-order valence-corrected chi connectivity index (χ2v) is 3.94. The SMILES string of the molecule is Cn1ccc(Cc2cnc(N[N+](=O)[O-])nc2)cc1=O. The number of hydrogen-bond donors (Lipinski definition) is 1. The Balaban J connectivity index is 2.12. The molecule has 98 valence electrons. The van der Waals surface area contributed by atoms with E-state index in [1.165, 1.54) is 23.0 Å². The number of nitro groups is 1. The summed E-state index contributed by atoms with van der Waals surface area (Å²) in [5, 5.41) is 9.47. The van der Waals surface area contributed by atoms with Crippen molar-refractivity contribution in [2.75, 3.05) is 5.43 Å². The van der Waals surface area contributed by atoms with Gasteiger partial charge in [-0.05, 0) is 17.2 Å². The summed E-state index contributed by atoms with van der Waals surface area (Å²) in [6.45, 7) is 0. The quantitative estimate of drug-likeness (QED) is 0.630. The van der Waals surface area contributed by atoms with E-state index in [9.17, 15) is 14.9 Å². The van der Waals surface area contributed by atoms with Gasteiger partial charge in [-0.3, -0.25) is 4.79 Å². The van der Waals surface area contributed by atoms with E-state index in [0.717, 1.165) is 11.1 Å². The van der Waals surface area contributed by atoms with Gasteiger partial charge in [0.2, 0.25) is 0 Å². The van der Waals surface area contributed by atoms with Crippen molar-refractivity contribution in [1.29, 1.82) is 0 Å². The third-order valence-electron chi connectivity index (χ3n) is 2.47. The molecule has 0 bridgehead atoms. The Kier molecular flexibility index (Phi) is 3.51. The predicted octanol–water partition coefficient (Wildman–Crippen LogP) is 0.370. The molecule has 0 spiro atoms. The Morgan fingerprint density at radius 3 is 2.63 bits per heavy atom. The van der Waals surface area contributed by atoms with Crippen LogP contribution in [0, 0.1) is 10.1 Å². The molecule has 0 aliphatic carbocycles. The zero-order chi connectivity index (χ0) is 13.8. The van der Waals surface area contributed by atoms with E-state index in [1.807, 2.05) is 11.5 Å². The van der Waals surface area contributed by atoms with Crippen molar-refractivity contribution >= 4 is 5.95 Å². The maximum atomic E-state index is 11.5. The molecular weight excluding hydrogens is 250 g/mol. The van der Waals surface area contributed by atoms with Crippen LogP contribution in [0.2, 0.25) is 0 Å². The highest BCUT2D eigenvalue weighted by atomic mass is 16.7. The van der Waals surface area contributed by atoms with Gasteiger partial charge in [0.25, 0.3) is 11.5 Å². The maximum absolute atomic E-state index is 11.5. The molecule has 2 rings (SSSR count). The van der Waals surface area contributed by atoms with Crippen molar-refractivity contribution in [1.82, 2.24) is 14.5 Å². The van der Waals surface area contributed by atoms with E-state index in [0.29, 0.717) is 6.42 Å². The number of rotatable bonds is 4. The van der Waals surface area contributed by atoms with Crippen molar-refractivity contribution < 1.29 is 5.03 Å². The third kappa shape index (κ3) is 3.35. The van der Waals surface area contributed by atoms with Gasteiger partial charge in [0, 0.05) is 38.1 Å². The summed E-state index contributed by atoms with van der Waals surface area (Å²) in [6, 6.07) is 3.35. The Bertz CT molecular complexity index is 650. The average molecular weight is 261 g/mol. The highest BCUT2D eigenvalue weighted by Crippen LogP contribution is 2.06. The first-order chi connectivity index (χ1) is 9.04. The number of aryl methyl sites for hydroxylation is 1. The molecule has 19 heavy (non-hydrogen) atoms. The summed E-state index contributed by atoms with van der Waals surface area (Å²) in [4.78, 5) is 29.3. The minimum Gasteiger partial charge on any atom is -0.319 e. The molecule has 0 saturated heterocycles. The van der Waals surface area contributed by atoms with E-state index >= 15 is 0 Å². The molecule has 0 amide bonds. The lowest BCUT2D eigenvalue weighted by Crippen LogP contribution is -2.15.